The molecule has 0 aromatic heterocycles. The molecule has 0 bridgehead atoms. The van der Waals surface area contributed by atoms with Crippen molar-refractivity contribution in [1.82, 2.24) is 0 Å². The minimum Gasteiger partial charge on any atom is -0.392 e. The molecule has 4 heteroatoms. The van der Waals surface area contributed by atoms with E-state index >= 15 is 0 Å². The summed E-state index contributed by atoms with van der Waals surface area (Å²) in [6.07, 6.45) is 0.288. The summed E-state index contributed by atoms with van der Waals surface area (Å²) in [6, 6.07) is 0. The predicted molar refractivity (Wildman–Crippen MR) is 68.9 cm³/mol. The molecule has 6 unspecified atom stereocenters. The number of ether oxygens (including phenoxy) is 1. The molecular formula is C13H22O3S. The maximum Gasteiger partial charge on any atom is 0.189 e. The summed E-state index contributed by atoms with van der Waals surface area (Å²) in [7, 11) is 0. The van der Waals surface area contributed by atoms with Crippen LogP contribution in [0.1, 0.15) is 34.1 Å². The summed E-state index contributed by atoms with van der Waals surface area (Å²) in [5, 5.41) is 10.6. The normalized spacial score (nSPS) is 51.8. The van der Waals surface area contributed by atoms with Gasteiger partial charge in [-0.2, -0.15) is 0 Å². The number of rotatable bonds is 1. The van der Waals surface area contributed by atoms with Crippen LogP contribution >= 0.6 is 11.8 Å². The maximum absolute atomic E-state index is 11.4. The molecule has 0 aromatic rings. The Morgan fingerprint density at radius 1 is 1.41 bits per heavy atom. The van der Waals surface area contributed by atoms with E-state index in [0.717, 1.165) is 5.75 Å². The van der Waals surface area contributed by atoms with Gasteiger partial charge in [-0.25, -0.2) is 0 Å². The van der Waals surface area contributed by atoms with Crippen molar-refractivity contribution in [2.45, 2.75) is 51.9 Å². The smallest absolute Gasteiger partial charge is 0.189 e. The van der Waals surface area contributed by atoms with E-state index in [1.165, 1.54) is 11.8 Å². The van der Waals surface area contributed by atoms with Crippen LogP contribution in [0.4, 0.5) is 0 Å². The van der Waals surface area contributed by atoms with Crippen LogP contribution in [0.2, 0.25) is 0 Å². The van der Waals surface area contributed by atoms with Crippen LogP contribution in [0.3, 0.4) is 0 Å². The Bertz CT molecular complexity index is 320. The Morgan fingerprint density at radius 2 is 2.06 bits per heavy atom. The molecule has 0 radical (unpaired) electrons. The molecule has 0 aliphatic carbocycles. The van der Waals surface area contributed by atoms with Crippen LogP contribution in [-0.2, 0) is 9.53 Å². The van der Waals surface area contributed by atoms with E-state index in [1.807, 2.05) is 20.8 Å². The second-order valence-corrected chi connectivity index (χ2v) is 6.81. The molecule has 2 aliphatic rings. The topological polar surface area (TPSA) is 46.5 Å². The first-order chi connectivity index (χ1) is 7.86. The molecule has 2 saturated heterocycles. The quantitative estimate of drug-likeness (QED) is 0.782. The molecule has 0 amide bonds. The highest BCUT2D eigenvalue weighted by atomic mass is 32.2. The van der Waals surface area contributed by atoms with Gasteiger partial charge in [-0.1, -0.05) is 25.6 Å². The van der Waals surface area contributed by atoms with Gasteiger partial charge >= 0.3 is 0 Å². The van der Waals surface area contributed by atoms with Gasteiger partial charge in [-0.05, 0) is 13.8 Å². The van der Waals surface area contributed by atoms with Crippen molar-refractivity contribution in [1.29, 1.82) is 0 Å². The van der Waals surface area contributed by atoms with Crippen LogP contribution < -0.4 is 0 Å². The SMILES string of the molecule is CC1OC(C)(C2CSC(=O)C2)C(C)C(O)C1C. The second kappa shape index (κ2) is 4.56. The molecule has 6 atom stereocenters. The Balaban J connectivity index is 2.20. The molecule has 2 aliphatic heterocycles. The summed E-state index contributed by atoms with van der Waals surface area (Å²) < 4.78 is 6.18. The number of carbonyl (C=O) groups excluding carboxylic acids is 1. The Morgan fingerprint density at radius 3 is 2.59 bits per heavy atom. The zero-order chi connectivity index (χ0) is 12.8. The van der Waals surface area contributed by atoms with Crippen LogP contribution in [-0.4, -0.2) is 33.8 Å². The molecular weight excluding hydrogens is 236 g/mol. The monoisotopic (exact) mass is 258 g/mol. The van der Waals surface area contributed by atoms with Crippen molar-refractivity contribution in [2.75, 3.05) is 5.75 Å². The first-order valence-electron chi connectivity index (χ1n) is 6.37. The van der Waals surface area contributed by atoms with E-state index in [1.54, 1.807) is 0 Å². The third-order valence-corrected chi connectivity index (χ3v) is 5.86. The van der Waals surface area contributed by atoms with Gasteiger partial charge in [0, 0.05) is 29.9 Å². The minimum absolute atomic E-state index is 0.0481. The van der Waals surface area contributed by atoms with Gasteiger partial charge in [0.05, 0.1) is 17.8 Å². The summed E-state index contributed by atoms with van der Waals surface area (Å²) >= 11 is 1.40. The molecule has 2 fully saturated rings. The fraction of sp³-hybridized carbons (Fsp3) is 0.923. The van der Waals surface area contributed by atoms with Gasteiger partial charge in [0.15, 0.2) is 5.12 Å². The van der Waals surface area contributed by atoms with Gasteiger partial charge in [0.2, 0.25) is 0 Å². The number of thioether (sulfide) groups is 1. The van der Waals surface area contributed by atoms with Crippen molar-refractivity contribution < 1.29 is 14.6 Å². The van der Waals surface area contributed by atoms with E-state index in [0.29, 0.717) is 6.42 Å². The molecule has 98 valence electrons. The fourth-order valence-electron chi connectivity index (χ4n) is 3.04. The predicted octanol–water partition coefficient (Wildman–Crippen LogP) is 2.08. The highest BCUT2D eigenvalue weighted by Gasteiger charge is 2.52. The Hall–Kier alpha value is -0.0600. The highest BCUT2D eigenvalue weighted by Crippen LogP contribution is 2.46. The van der Waals surface area contributed by atoms with Crippen LogP contribution in [0.25, 0.3) is 0 Å². The molecule has 1 N–H and O–H groups in total. The van der Waals surface area contributed by atoms with Crippen LogP contribution in [0, 0.1) is 17.8 Å². The molecule has 2 heterocycles. The zero-order valence-electron chi connectivity index (χ0n) is 11.0. The van der Waals surface area contributed by atoms with Crippen molar-refractivity contribution in [3.05, 3.63) is 0 Å². The number of carbonyl (C=O) groups is 1. The van der Waals surface area contributed by atoms with Gasteiger partial charge in [-0.15, -0.1) is 0 Å². The molecule has 17 heavy (non-hydrogen) atoms. The number of hydrogen-bond donors (Lipinski definition) is 1. The third-order valence-electron chi connectivity index (χ3n) is 4.80. The summed E-state index contributed by atoms with van der Waals surface area (Å²) in [5.41, 5.74) is -0.371. The lowest BCUT2D eigenvalue weighted by Gasteiger charge is -2.51. The number of aliphatic hydroxyl groups excluding tert-OH is 1. The van der Waals surface area contributed by atoms with Crippen LogP contribution in [0.5, 0.6) is 0 Å². The molecule has 3 nitrogen and oxygen atoms in total. The van der Waals surface area contributed by atoms with Gasteiger partial charge in [0.1, 0.15) is 0 Å². The van der Waals surface area contributed by atoms with Crippen molar-refractivity contribution in [3.8, 4) is 0 Å². The summed E-state index contributed by atoms with van der Waals surface area (Å²) in [5.74, 6) is 1.29. The standard InChI is InChI=1S/C13H22O3S/c1-7-9(3)16-13(4,8(2)12(7)15)10-5-11(14)17-6-10/h7-10,12,15H,5-6H2,1-4H3. The number of hydrogen-bond acceptors (Lipinski definition) is 4. The number of aliphatic hydroxyl groups is 1. The lowest BCUT2D eigenvalue weighted by molar-refractivity contribution is -0.226. The van der Waals surface area contributed by atoms with E-state index < -0.39 is 0 Å². The van der Waals surface area contributed by atoms with E-state index in [-0.39, 0.29) is 40.7 Å². The molecule has 2 rings (SSSR count). The zero-order valence-corrected chi connectivity index (χ0v) is 11.8. The Labute approximate surface area is 107 Å². The van der Waals surface area contributed by atoms with E-state index in [9.17, 15) is 9.90 Å². The van der Waals surface area contributed by atoms with Gasteiger partial charge in [-0.3, -0.25) is 4.79 Å². The lowest BCUT2D eigenvalue weighted by Crippen LogP contribution is -2.58. The third kappa shape index (κ3) is 2.15. The largest absolute Gasteiger partial charge is 0.392 e. The first-order valence-corrected chi connectivity index (χ1v) is 7.36. The molecule has 0 spiro atoms. The van der Waals surface area contributed by atoms with Crippen molar-refractivity contribution in [3.63, 3.8) is 0 Å². The van der Waals surface area contributed by atoms with Crippen molar-refractivity contribution in [2.24, 2.45) is 17.8 Å². The first kappa shape index (κ1) is 13.4. The Kier molecular flexibility index (Phi) is 3.59. The second-order valence-electron chi connectivity index (χ2n) is 5.73. The minimum atomic E-state index is -0.371. The van der Waals surface area contributed by atoms with Gasteiger partial charge < -0.3 is 9.84 Å². The summed E-state index contributed by atoms with van der Waals surface area (Å²) in [6.45, 7) is 8.15. The molecule has 0 saturated carbocycles. The van der Waals surface area contributed by atoms with E-state index in [4.69, 9.17) is 4.74 Å². The van der Waals surface area contributed by atoms with E-state index in [2.05, 4.69) is 6.92 Å². The maximum atomic E-state index is 11.4. The van der Waals surface area contributed by atoms with Crippen LogP contribution in [0.15, 0.2) is 0 Å². The molecule has 0 aromatic carbocycles. The fourth-order valence-corrected chi connectivity index (χ4v) is 4.19. The highest BCUT2D eigenvalue weighted by molar-refractivity contribution is 8.14. The lowest BCUT2D eigenvalue weighted by atomic mass is 9.70. The van der Waals surface area contributed by atoms with Crippen molar-refractivity contribution >= 4 is 16.9 Å². The van der Waals surface area contributed by atoms with Gasteiger partial charge in [0.25, 0.3) is 0 Å². The average molecular weight is 258 g/mol. The summed E-state index contributed by atoms with van der Waals surface area (Å²) in [4.78, 5) is 11.4. The average Bonchev–Trinajstić information content (AvgIpc) is 2.71.